The number of hydrogen-bond acceptors (Lipinski definition) is 2. The minimum absolute atomic E-state index is 0.0197. The van der Waals surface area contributed by atoms with Gasteiger partial charge in [-0.15, -0.1) is 0 Å². The van der Waals surface area contributed by atoms with Gasteiger partial charge < -0.3 is 11.1 Å². The van der Waals surface area contributed by atoms with Crippen molar-refractivity contribution in [1.29, 1.82) is 5.41 Å². The molecule has 1 amide bonds. The molecule has 1 saturated carbocycles. The SMILES string of the molecule is CC(=O)NCC1CCC(C(=N)N)C1. The lowest BCUT2D eigenvalue weighted by molar-refractivity contribution is -0.119. The van der Waals surface area contributed by atoms with Crippen LogP contribution >= 0.6 is 0 Å². The van der Waals surface area contributed by atoms with Crippen LogP contribution in [0.2, 0.25) is 0 Å². The molecule has 0 aromatic rings. The van der Waals surface area contributed by atoms with Crippen molar-refractivity contribution in [3.63, 3.8) is 0 Å². The number of carbonyl (C=O) groups excluding carboxylic acids is 1. The summed E-state index contributed by atoms with van der Waals surface area (Å²) in [6.07, 6.45) is 3.03. The highest BCUT2D eigenvalue weighted by atomic mass is 16.1. The zero-order chi connectivity index (χ0) is 9.84. The van der Waals surface area contributed by atoms with E-state index in [1.165, 1.54) is 6.92 Å². The first kappa shape index (κ1) is 10.0. The Morgan fingerprint density at radius 2 is 2.31 bits per heavy atom. The second-order valence-electron chi connectivity index (χ2n) is 3.77. The Bertz CT molecular complexity index is 215. The lowest BCUT2D eigenvalue weighted by atomic mass is 10.0. The summed E-state index contributed by atoms with van der Waals surface area (Å²) >= 11 is 0. The normalized spacial score (nSPS) is 27.2. The van der Waals surface area contributed by atoms with Crippen LogP contribution < -0.4 is 11.1 Å². The third-order valence-corrected chi connectivity index (χ3v) is 2.62. The van der Waals surface area contributed by atoms with Gasteiger partial charge in [-0.25, -0.2) is 0 Å². The first-order chi connectivity index (χ1) is 6.09. The number of nitrogens with two attached hydrogens (primary N) is 1. The van der Waals surface area contributed by atoms with Crippen LogP contribution in [-0.4, -0.2) is 18.3 Å². The molecule has 0 aromatic heterocycles. The Balaban J connectivity index is 2.25. The maximum atomic E-state index is 10.6. The predicted octanol–water partition coefficient (Wildman–Crippen LogP) is 0.475. The fraction of sp³-hybridized carbons (Fsp3) is 0.778. The van der Waals surface area contributed by atoms with Crippen molar-refractivity contribution in [2.45, 2.75) is 26.2 Å². The summed E-state index contributed by atoms with van der Waals surface area (Å²) in [6, 6.07) is 0. The van der Waals surface area contributed by atoms with Crippen LogP contribution in [0.4, 0.5) is 0 Å². The lowest BCUT2D eigenvalue weighted by Crippen LogP contribution is -2.26. The first-order valence-electron chi connectivity index (χ1n) is 4.68. The zero-order valence-corrected chi connectivity index (χ0v) is 7.97. The van der Waals surface area contributed by atoms with Crippen molar-refractivity contribution in [3.05, 3.63) is 0 Å². The van der Waals surface area contributed by atoms with E-state index in [9.17, 15) is 4.79 Å². The lowest BCUT2D eigenvalue weighted by Gasteiger charge is -2.10. The smallest absolute Gasteiger partial charge is 0.216 e. The quantitative estimate of drug-likeness (QED) is 0.439. The number of hydrogen-bond donors (Lipinski definition) is 3. The van der Waals surface area contributed by atoms with Crippen LogP contribution in [0.25, 0.3) is 0 Å². The van der Waals surface area contributed by atoms with E-state index in [1.54, 1.807) is 0 Å². The predicted molar refractivity (Wildman–Crippen MR) is 51.4 cm³/mol. The molecule has 1 fully saturated rings. The van der Waals surface area contributed by atoms with Crippen LogP contribution in [0.3, 0.4) is 0 Å². The molecule has 1 aliphatic rings. The monoisotopic (exact) mass is 183 g/mol. The van der Waals surface area contributed by atoms with Crippen molar-refractivity contribution in [3.8, 4) is 0 Å². The van der Waals surface area contributed by atoms with E-state index in [0.29, 0.717) is 11.8 Å². The summed E-state index contributed by atoms with van der Waals surface area (Å²) in [4.78, 5) is 10.6. The molecule has 0 aromatic carbocycles. The third kappa shape index (κ3) is 3.05. The summed E-state index contributed by atoms with van der Waals surface area (Å²) < 4.78 is 0. The van der Waals surface area contributed by atoms with Gasteiger partial charge in [0.15, 0.2) is 0 Å². The Labute approximate surface area is 78.4 Å². The molecule has 0 bridgehead atoms. The van der Waals surface area contributed by atoms with Gasteiger partial charge in [0, 0.05) is 19.4 Å². The molecule has 4 nitrogen and oxygen atoms in total. The van der Waals surface area contributed by atoms with E-state index in [0.717, 1.165) is 25.8 Å². The largest absolute Gasteiger partial charge is 0.387 e. The van der Waals surface area contributed by atoms with Gasteiger partial charge in [0.1, 0.15) is 0 Å². The molecule has 0 heterocycles. The molecule has 2 atom stereocenters. The molecule has 0 aliphatic heterocycles. The van der Waals surface area contributed by atoms with Gasteiger partial charge in [-0.3, -0.25) is 10.2 Å². The number of amidine groups is 1. The van der Waals surface area contributed by atoms with Crippen LogP contribution in [0.5, 0.6) is 0 Å². The molecule has 1 rings (SSSR count). The highest BCUT2D eigenvalue weighted by Gasteiger charge is 2.26. The summed E-state index contributed by atoms with van der Waals surface area (Å²) in [7, 11) is 0. The maximum Gasteiger partial charge on any atom is 0.216 e. The van der Waals surface area contributed by atoms with E-state index in [1.807, 2.05) is 0 Å². The Hall–Kier alpha value is -1.06. The van der Waals surface area contributed by atoms with Crippen molar-refractivity contribution in [1.82, 2.24) is 5.32 Å². The fourth-order valence-corrected chi connectivity index (χ4v) is 1.83. The number of amides is 1. The van der Waals surface area contributed by atoms with Crippen molar-refractivity contribution >= 4 is 11.7 Å². The van der Waals surface area contributed by atoms with Gasteiger partial charge in [0.25, 0.3) is 0 Å². The third-order valence-electron chi connectivity index (χ3n) is 2.62. The average Bonchev–Trinajstić information content (AvgIpc) is 2.48. The Morgan fingerprint density at radius 3 is 2.77 bits per heavy atom. The summed E-state index contributed by atoms with van der Waals surface area (Å²) in [6.45, 7) is 2.26. The second-order valence-corrected chi connectivity index (χ2v) is 3.77. The van der Waals surface area contributed by atoms with Gasteiger partial charge in [0.2, 0.25) is 5.91 Å². The molecular weight excluding hydrogens is 166 g/mol. The van der Waals surface area contributed by atoms with E-state index in [-0.39, 0.29) is 11.8 Å². The molecule has 0 radical (unpaired) electrons. The van der Waals surface area contributed by atoms with Gasteiger partial charge in [-0.1, -0.05) is 0 Å². The molecule has 74 valence electrons. The second kappa shape index (κ2) is 4.25. The standard InChI is InChI=1S/C9H17N3O/c1-6(13)12-5-7-2-3-8(4-7)9(10)11/h7-8H,2-5H2,1H3,(H3,10,11)(H,12,13). The molecule has 13 heavy (non-hydrogen) atoms. The molecule has 0 saturated heterocycles. The van der Waals surface area contributed by atoms with Crippen LogP contribution in [0, 0.1) is 17.2 Å². The number of rotatable bonds is 3. The molecule has 4 heteroatoms. The zero-order valence-electron chi connectivity index (χ0n) is 7.97. The maximum absolute atomic E-state index is 10.6. The summed E-state index contributed by atoms with van der Waals surface area (Å²) in [5.74, 6) is 1.08. The van der Waals surface area contributed by atoms with Gasteiger partial charge >= 0.3 is 0 Å². The van der Waals surface area contributed by atoms with E-state index >= 15 is 0 Å². The summed E-state index contributed by atoms with van der Waals surface area (Å²) in [5, 5.41) is 10.1. The van der Waals surface area contributed by atoms with Crippen LogP contribution in [0.1, 0.15) is 26.2 Å². The molecule has 1 aliphatic carbocycles. The minimum atomic E-state index is 0.0197. The molecular formula is C9H17N3O. The topological polar surface area (TPSA) is 79.0 Å². The number of carbonyl (C=O) groups is 1. The average molecular weight is 183 g/mol. The molecule has 2 unspecified atom stereocenters. The van der Waals surface area contributed by atoms with Crippen molar-refractivity contribution in [2.75, 3.05) is 6.54 Å². The molecule has 4 N–H and O–H groups in total. The highest BCUT2D eigenvalue weighted by Crippen LogP contribution is 2.29. The van der Waals surface area contributed by atoms with Crippen molar-refractivity contribution in [2.24, 2.45) is 17.6 Å². The van der Waals surface area contributed by atoms with Gasteiger partial charge in [-0.05, 0) is 25.2 Å². The highest BCUT2D eigenvalue weighted by molar-refractivity contribution is 5.79. The van der Waals surface area contributed by atoms with Gasteiger partial charge in [-0.2, -0.15) is 0 Å². The van der Waals surface area contributed by atoms with Gasteiger partial charge in [0.05, 0.1) is 5.84 Å². The number of nitrogens with one attached hydrogen (secondary N) is 2. The fourth-order valence-electron chi connectivity index (χ4n) is 1.83. The van der Waals surface area contributed by atoms with Crippen LogP contribution in [-0.2, 0) is 4.79 Å². The van der Waals surface area contributed by atoms with Crippen LogP contribution in [0.15, 0.2) is 0 Å². The minimum Gasteiger partial charge on any atom is -0.387 e. The van der Waals surface area contributed by atoms with E-state index in [4.69, 9.17) is 11.1 Å². The van der Waals surface area contributed by atoms with E-state index < -0.39 is 0 Å². The summed E-state index contributed by atoms with van der Waals surface area (Å²) in [5.41, 5.74) is 5.41. The Kier molecular flexibility index (Phi) is 3.28. The van der Waals surface area contributed by atoms with E-state index in [2.05, 4.69) is 5.32 Å². The Morgan fingerprint density at radius 1 is 1.62 bits per heavy atom. The first-order valence-corrected chi connectivity index (χ1v) is 4.68. The van der Waals surface area contributed by atoms with Crippen molar-refractivity contribution < 1.29 is 4.79 Å². The molecule has 0 spiro atoms.